The second kappa shape index (κ2) is 18.0. The lowest BCUT2D eigenvalue weighted by Crippen LogP contribution is -2.43. The number of hydrogen-bond donors (Lipinski definition) is 1. The van der Waals surface area contributed by atoms with Crippen molar-refractivity contribution in [1.29, 1.82) is 0 Å². The highest BCUT2D eigenvalue weighted by atomic mass is 32.1. The maximum Gasteiger partial charge on any atom is 0.413 e. The summed E-state index contributed by atoms with van der Waals surface area (Å²) in [6, 6.07) is 0. The molecule has 0 aliphatic carbocycles. The smallest absolute Gasteiger partial charge is 0.413 e. The van der Waals surface area contributed by atoms with Gasteiger partial charge in [0.2, 0.25) is 0 Å². The summed E-state index contributed by atoms with van der Waals surface area (Å²) in [5.41, 5.74) is 0. The van der Waals surface area contributed by atoms with Crippen LogP contribution in [0.5, 0.6) is 0 Å². The molecule has 0 saturated carbocycles. The Bertz CT molecular complexity index is 322. The molecule has 0 spiro atoms. The van der Waals surface area contributed by atoms with Gasteiger partial charge in [-0.1, -0.05) is 78.1 Å². The van der Waals surface area contributed by atoms with Crippen LogP contribution >= 0.6 is 12.2 Å². The van der Waals surface area contributed by atoms with Crippen molar-refractivity contribution in [2.24, 2.45) is 0 Å². The number of thiocarbonyl (C=S) groups is 1. The molecule has 148 valence electrons. The van der Waals surface area contributed by atoms with Gasteiger partial charge in [-0.15, -0.1) is 0 Å². The maximum absolute atomic E-state index is 11.6. The molecule has 4 nitrogen and oxygen atoms in total. The van der Waals surface area contributed by atoms with Crippen molar-refractivity contribution in [3.63, 3.8) is 0 Å². The Kier molecular flexibility index (Phi) is 17.4. The van der Waals surface area contributed by atoms with E-state index in [9.17, 15) is 4.79 Å². The highest BCUT2D eigenvalue weighted by Crippen LogP contribution is 2.09. The minimum atomic E-state index is -0.441. The van der Waals surface area contributed by atoms with Crippen LogP contribution in [0.15, 0.2) is 0 Å². The molecule has 0 heterocycles. The lowest BCUT2D eigenvalue weighted by molar-refractivity contribution is 0.156. The fourth-order valence-corrected chi connectivity index (χ4v) is 3.08. The quantitative estimate of drug-likeness (QED) is 0.281. The van der Waals surface area contributed by atoms with Crippen LogP contribution in [0.1, 0.15) is 97.8 Å². The van der Waals surface area contributed by atoms with E-state index in [1.54, 1.807) is 6.92 Å². The van der Waals surface area contributed by atoms with Crippen molar-refractivity contribution >= 4 is 23.4 Å². The van der Waals surface area contributed by atoms with Gasteiger partial charge in [0.25, 0.3) is 0 Å². The van der Waals surface area contributed by atoms with Crippen molar-refractivity contribution in [3.05, 3.63) is 0 Å². The molecule has 0 fully saturated rings. The Labute approximate surface area is 161 Å². The molecule has 5 heteroatoms. The Morgan fingerprint density at radius 1 is 0.800 bits per heavy atom. The summed E-state index contributed by atoms with van der Waals surface area (Å²) in [6.07, 6.45) is 14.7. The average Bonchev–Trinajstić information content (AvgIpc) is 2.59. The third-order valence-electron chi connectivity index (χ3n) is 4.33. The summed E-state index contributed by atoms with van der Waals surface area (Å²) >= 11 is 5.42. The van der Waals surface area contributed by atoms with Crippen LogP contribution in [-0.2, 0) is 4.74 Å². The molecule has 0 aromatic rings. The van der Waals surface area contributed by atoms with Gasteiger partial charge in [-0.25, -0.2) is 4.79 Å². The van der Waals surface area contributed by atoms with Crippen LogP contribution in [0, 0.1) is 0 Å². The molecule has 0 rings (SSSR count). The Morgan fingerprint density at radius 3 is 1.68 bits per heavy atom. The number of carbonyl (C=O) groups is 1. The van der Waals surface area contributed by atoms with Crippen molar-refractivity contribution < 1.29 is 9.53 Å². The summed E-state index contributed by atoms with van der Waals surface area (Å²) < 4.78 is 4.94. The van der Waals surface area contributed by atoms with Crippen molar-refractivity contribution in [2.75, 3.05) is 19.7 Å². The van der Waals surface area contributed by atoms with Gasteiger partial charge in [-0.3, -0.25) is 5.32 Å². The molecular formula is C20H40N2O2S. The molecule has 0 atom stereocenters. The van der Waals surface area contributed by atoms with Crippen LogP contribution in [0.4, 0.5) is 4.79 Å². The van der Waals surface area contributed by atoms with Gasteiger partial charge < -0.3 is 9.64 Å². The molecule has 25 heavy (non-hydrogen) atoms. The Hall–Kier alpha value is -0.840. The standard InChI is InChI=1S/C20H40N2O2S/c1-4-7-9-11-13-15-17-22(18-16-14-12-10-8-5-2)19(25)21-20(23)24-6-3/h4-18H2,1-3H3,(H,21,23,25). The molecular weight excluding hydrogens is 332 g/mol. The summed E-state index contributed by atoms with van der Waals surface area (Å²) in [5.74, 6) is 0. The fraction of sp³-hybridized carbons (Fsp3) is 0.900. The number of carbonyl (C=O) groups excluding carboxylic acids is 1. The topological polar surface area (TPSA) is 41.6 Å². The third-order valence-corrected chi connectivity index (χ3v) is 4.70. The highest BCUT2D eigenvalue weighted by molar-refractivity contribution is 7.80. The average molecular weight is 373 g/mol. The molecule has 0 unspecified atom stereocenters. The molecule has 1 amide bonds. The van der Waals surface area contributed by atoms with E-state index in [1.165, 1.54) is 64.2 Å². The molecule has 0 saturated heterocycles. The summed E-state index contributed by atoms with van der Waals surface area (Å²) in [5, 5.41) is 3.21. The fourth-order valence-electron chi connectivity index (χ4n) is 2.81. The lowest BCUT2D eigenvalue weighted by atomic mass is 10.1. The first-order valence-corrected chi connectivity index (χ1v) is 10.8. The van der Waals surface area contributed by atoms with Gasteiger partial charge in [0.15, 0.2) is 5.11 Å². The molecule has 0 bridgehead atoms. The first-order valence-electron chi connectivity index (χ1n) is 10.4. The molecule has 0 aliphatic rings. The van der Waals surface area contributed by atoms with E-state index in [4.69, 9.17) is 17.0 Å². The highest BCUT2D eigenvalue weighted by Gasteiger charge is 2.12. The van der Waals surface area contributed by atoms with Crippen LogP contribution in [-0.4, -0.2) is 35.8 Å². The molecule has 0 aliphatic heterocycles. The number of nitrogens with one attached hydrogen (secondary N) is 1. The van der Waals surface area contributed by atoms with E-state index in [0.717, 1.165) is 25.9 Å². The monoisotopic (exact) mass is 372 g/mol. The van der Waals surface area contributed by atoms with E-state index >= 15 is 0 Å². The number of nitrogens with zero attached hydrogens (tertiary/aromatic N) is 1. The van der Waals surface area contributed by atoms with Crippen molar-refractivity contribution in [2.45, 2.75) is 97.8 Å². The van der Waals surface area contributed by atoms with E-state index in [0.29, 0.717) is 11.7 Å². The normalized spacial score (nSPS) is 10.5. The Balaban J connectivity index is 4.15. The second-order valence-corrected chi connectivity index (χ2v) is 7.06. The molecule has 1 N–H and O–H groups in total. The van der Waals surface area contributed by atoms with E-state index < -0.39 is 6.09 Å². The minimum absolute atomic E-state index is 0.364. The van der Waals surface area contributed by atoms with Crippen LogP contribution in [0.3, 0.4) is 0 Å². The molecule has 0 aromatic heterocycles. The van der Waals surface area contributed by atoms with Crippen LogP contribution in [0.2, 0.25) is 0 Å². The number of alkyl carbamates (subject to hydrolysis) is 1. The van der Waals surface area contributed by atoms with Gasteiger partial charge >= 0.3 is 6.09 Å². The predicted octanol–water partition coefficient (Wildman–Crippen LogP) is 6.04. The zero-order valence-corrected chi connectivity index (χ0v) is 17.6. The molecule has 0 aromatic carbocycles. The second-order valence-electron chi connectivity index (χ2n) is 6.67. The summed E-state index contributed by atoms with van der Waals surface area (Å²) in [7, 11) is 0. The van der Waals surface area contributed by atoms with E-state index in [1.807, 2.05) is 0 Å². The first kappa shape index (κ1) is 24.2. The minimum Gasteiger partial charge on any atom is -0.450 e. The van der Waals surface area contributed by atoms with Gasteiger partial charge in [0.1, 0.15) is 0 Å². The number of amides is 1. The van der Waals surface area contributed by atoms with Gasteiger partial charge in [-0.05, 0) is 32.0 Å². The Morgan fingerprint density at radius 2 is 1.24 bits per heavy atom. The lowest BCUT2D eigenvalue weighted by Gasteiger charge is -2.25. The van der Waals surface area contributed by atoms with Gasteiger partial charge in [-0.2, -0.15) is 0 Å². The number of hydrogen-bond acceptors (Lipinski definition) is 3. The number of rotatable bonds is 15. The number of unbranched alkanes of at least 4 members (excludes halogenated alkanes) is 10. The zero-order valence-electron chi connectivity index (χ0n) is 16.8. The third kappa shape index (κ3) is 15.2. The van der Waals surface area contributed by atoms with E-state index in [-0.39, 0.29) is 0 Å². The largest absolute Gasteiger partial charge is 0.450 e. The van der Waals surface area contributed by atoms with Crippen LogP contribution in [0.25, 0.3) is 0 Å². The van der Waals surface area contributed by atoms with Gasteiger partial charge in [0, 0.05) is 13.1 Å². The van der Waals surface area contributed by atoms with Crippen LogP contribution < -0.4 is 5.32 Å². The van der Waals surface area contributed by atoms with Crippen molar-refractivity contribution in [3.8, 4) is 0 Å². The molecule has 0 radical (unpaired) electrons. The number of ether oxygens (including phenoxy) is 1. The summed E-state index contributed by atoms with van der Waals surface area (Å²) in [6.45, 7) is 8.48. The first-order chi connectivity index (χ1) is 12.2. The summed E-state index contributed by atoms with van der Waals surface area (Å²) in [4.78, 5) is 13.8. The van der Waals surface area contributed by atoms with Crippen molar-refractivity contribution in [1.82, 2.24) is 10.2 Å². The van der Waals surface area contributed by atoms with E-state index in [2.05, 4.69) is 24.1 Å². The SMILES string of the molecule is CCCCCCCCN(CCCCCCCC)C(=S)NC(=O)OCC. The predicted molar refractivity (Wildman–Crippen MR) is 111 cm³/mol. The zero-order chi connectivity index (χ0) is 18.8. The van der Waals surface area contributed by atoms with Gasteiger partial charge in [0.05, 0.1) is 6.61 Å². The maximum atomic E-state index is 11.6.